The standard InChI is InChI=1S/C19H31N7/c1-20-19(22-14-17-15-24-10-12-25(17)13-11-24)23-16-5-8-26(9-6-16)18-4-2-3-7-21-18/h2-4,7,16-17H,5-6,8-15H2,1H3,(H2,20,22,23). The number of pyridine rings is 1. The summed E-state index contributed by atoms with van der Waals surface area (Å²) >= 11 is 0. The van der Waals surface area contributed by atoms with Crippen LogP contribution in [0.5, 0.6) is 0 Å². The summed E-state index contributed by atoms with van der Waals surface area (Å²) < 4.78 is 0. The summed E-state index contributed by atoms with van der Waals surface area (Å²) in [6.07, 6.45) is 4.09. The third-order valence-corrected chi connectivity index (χ3v) is 5.93. The maximum Gasteiger partial charge on any atom is 0.191 e. The molecule has 0 amide bonds. The zero-order valence-electron chi connectivity index (χ0n) is 15.8. The summed E-state index contributed by atoms with van der Waals surface area (Å²) in [5, 5.41) is 7.18. The summed E-state index contributed by atoms with van der Waals surface area (Å²) in [5.74, 6) is 2.03. The van der Waals surface area contributed by atoms with Gasteiger partial charge >= 0.3 is 0 Å². The molecular formula is C19H31N7. The maximum atomic E-state index is 4.47. The lowest BCUT2D eigenvalue weighted by Gasteiger charge is -2.47. The highest BCUT2D eigenvalue weighted by atomic mass is 15.4. The van der Waals surface area contributed by atoms with Crippen LogP contribution in [0.25, 0.3) is 0 Å². The van der Waals surface area contributed by atoms with Crippen molar-refractivity contribution >= 4 is 11.8 Å². The summed E-state index contributed by atoms with van der Waals surface area (Å²) in [5.41, 5.74) is 0. The molecule has 0 aliphatic carbocycles. The number of aromatic nitrogens is 1. The number of fused-ring (bicyclic) bond motifs is 3. The monoisotopic (exact) mass is 357 g/mol. The van der Waals surface area contributed by atoms with E-state index in [0.29, 0.717) is 12.1 Å². The second-order valence-corrected chi connectivity index (χ2v) is 7.54. The Kier molecular flexibility index (Phi) is 5.55. The lowest BCUT2D eigenvalue weighted by molar-refractivity contribution is 0.0154. The van der Waals surface area contributed by atoms with Crippen LogP contribution in [0.3, 0.4) is 0 Å². The number of piperidine rings is 1. The lowest BCUT2D eigenvalue weighted by Crippen LogP contribution is -2.64. The van der Waals surface area contributed by atoms with E-state index in [2.05, 4.69) is 47.4 Å². The minimum Gasteiger partial charge on any atom is -0.356 e. The van der Waals surface area contributed by atoms with Crippen LogP contribution in [0.1, 0.15) is 12.8 Å². The van der Waals surface area contributed by atoms with Gasteiger partial charge in [0.05, 0.1) is 0 Å². The first-order chi connectivity index (χ1) is 12.8. The first-order valence-corrected chi connectivity index (χ1v) is 9.91. The first-order valence-electron chi connectivity index (χ1n) is 9.91. The number of rotatable bonds is 4. The fraction of sp³-hybridized carbons (Fsp3) is 0.684. The molecule has 5 rings (SSSR count). The van der Waals surface area contributed by atoms with E-state index in [1.54, 1.807) is 0 Å². The van der Waals surface area contributed by atoms with Crippen molar-refractivity contribution < 1.29 is 0 Å². The Labute approximate surface area is 156 Å². The van der Waals surface area contributed by atoms with Crippen LogP contribution in [-0.4, -0.2) is 92.2 Å². The van der Waals surface area contributed by atoms with Crippen LogP contribution in [0.2, 0.25) is 0 Å². The fourth-order valence-electron chi connectivity index (χ4n) is 4.31. The van der Waals surface area contributed by atoms with Gasteiger partial charge in [0.1, 0.15) is 5.82 Å². The van der Waals surface area contributed by atoms with Crippen molar-refractivity contribution in [3.63, 3.8) is 0 Å². The number of piperazine rings is 3. The van der Waals surface area contributed by atoms with Crippen LogP contribution in [0.4, 0.5) is 5.82 Å². The van der Waals surface area contributed by atoms with Crippen LogP contribution < -0.4 is 15.5 Å². The molecule has 4 fully saturated rings. The Bertz CT molecular complexity index is 589. The Morgan fingerprint density at radius 3 is 2.58 bits per heavy atom. The molecule has 2 N–H and O–H groups in total. The van der Waals surface area contributed by atoms with E-state index in [4.69, 9.17) is 0 Å². The molecule has 26 heavy (non-hydrogen) atoms. The molecule has 2 bridgehead atoms. The first kappa shape index (κ1) is 17.5. The highest BCUT2D eigenvalue weighted by Crippen LogP contribution is 2.17. The van der Waals surface area contributed by atoms with Gasteiger partial charge in [-0.1, -0.05) is 6.07 Å². The molecule has 0 radical (unpaired) electrons. The van der Waals surface area contributed by atoms with Crippen molar-refractivity contribution in [1.29, 1.82) is 0 Å². The Hall–Kier alpha value is -1.86. The SMILES string of the molecule is CN=C(NCC1CN2CCN1CC2)NC1CCN(c2ccccn2)CC1. The minimum absolute atomic E-state index is 0.480. The molecule has 1 unspecified atom stereocenters. The summed E-state index contributed by atoms with van der Waals surface area (Å²) in [4.78, 5) is 16.5. The molecule has 4 aliphatic rings. The normalized spacial score (nSPS) is 29.7. The van der Waals surface area contributed by atoms with Crippen molar-refractivity contribution in [2.75, 3.05) is 64.3 Å². The molecule has 7 nitrogen and oxygen atoms in total. The average molecular weight is 358 g/mol. The quantitative estimate of drug-likeness (QED) is 0.594. The maximum absolute atomic E-state index is 4.47. The number of aliphatic imine (C=N–C) groups is 1. The lowest BCUT2D eigenvalue weighted by atomic mass is 10.1. The topological polar surface area (TPSA) is 59.0 Å². The van der Waals surface area contributed by atoms with Gasteiger partial charge < -0.3 is 15.5 Å². The molecule has 1 aromatic rings. The number of hydrogen-bond acceptors (Lipinski definition) is 5. The molecule has 0 aromatic carbocycles. The van der Waals surface area contributed by atoms with Crippen molar-refractivity contribution in [3.05, 3.63) is 24.4 Å². The molecule has 5 heterocycles. The largest absolute Gasteiger partial charge is 0.356 e. The summed E-state index contributed by atoms with van der Waals surface area (Å²) in [6, 6.07) is 7.22. The van der Waals surface area contributed by atoms with Gasteiger partial charge in [-0.25, -0.2) is 4.98 Å². The van der Waals surface area contributed by atoms with Gasteiger partial charge in [0, 0.05) is 77.7 Å². The molecule has 0 spiro atoms. The van der Waals surface area contributed by atoms with Gasteiger partial charge in [0.15, 0.2) is 5.96 Å². The Morgan fingerprint density at radius 1 is 1.15 bits per heavy atom. The van der Waals surface area contributed by atoms with E-state index >= 15 is 0 Å². The minimum atomic E-state index is 0.480. The van der Waals surface area contributed by atoms with Crippen LogP contribution in [-0.2, 0) is 0 Å². The molecular weight excluding hydrogens is 326 g/mol. The van der Waals surface area contributed by atoms with E-state index in [1.165, 1.54) is 32.7 Å². The predicted octanol–water partition coefficient (Wildman–Crippen LogP) is 0.215. The molecule has 0 saturated carbocycles. The van der Waals surface area contributed by atoms with Gasteiger partial charge in [-0.05, 0) is 25.0 Å². The number of guanidine groups is 1. The highest BCUT2D eigenvalue weighted by molar-refractivity contribution is 5.80. The smallest absolute Gasteiger partial charge is 0.191 e. The van der Waals surface area contributed by atoms with E-state index in [9.17, 15) is 0 Å². The van der Waals surface area contributed by atoms with Crippen LogP contribution in [0.15, 0.2) is 29.4 Å². The van der Waals surface area contributed by atoms with E-state index in [0.717, 1.165) is 44.3 Å². The number of nitrogens with zero attached hydrogens (tertiary/aromatic N) is 5. The zero-order chi connectivity index (χ0) is 17.8. The third-order valence-electron chi connectivity index (χ3n) is 5.93. The van der Waals surface area contributed by atoms with Gasteiger partial charge in [-0.3, -0.25) is 14.8 Å². The van der Waals surface area contributed by atoms with Crippen molar-refractivity contribution in [2.45, 2.75) is 24.9 Å². The Balaban J connectivity index is 1.22. The second kappa shape index (κ2) is 8.22. The van der Waals surface area contributed by atoms with Crippen LogP contribution in [0, 0.1) is 0 Å². The molecule has 7 heteroatoms. The molecule has 4 aliphatic heterocycles. The molecule has 1 atom stereocenters. The van der Waals surface area contributed by atoms with E-state index in [-0.39, 0.29) is 0 Å². The summed E-state index contributed by atoms with van der Waals surface area (Å²) in [6.45, 7) is 9.13. The predicted molar refractivity (Wildman–Crippen MR) is 106 cm³/mol. The van der Waals surface area contributed by atoms with E-state index < -0.39 is 0 Å². The van der Waals surface area contributed by atoms with Crippen molar-refractivity contribution in [1.82, 2.24) is 25.4 Å². The van der Waals surface area contributed by atoms with Gasteiger partial charge in [0.25, 0.3) is 0 Å². The molecule has 1 aromatic heterocycles. The zero-order valence-corrected chi connectivity index (χ0v) is 15.8. The molecule has 4 saturated heterocycles. The second-order valence-electron chi connectivity index (χ2n) is 7.54. The van der Waals surface area contributed by atoms with E-state index in [1.807, 2.05) is 19.3 Å². The number of nitrogens with one attached hydrogen (secondary N) is 2. The van der Waals surface area contributed by atoms with Gasteiger partial charge in [-0.15, -0.1) is 0 Å². The third kappa shape index (κ3) is 4.10. The number of anilines is 1. The number of hydrogen-bond donors (Lipinski definition) is 2. The summed E-state index contributed by atoms with van der Waals surface area (Å²) in [7, 11) is 1.87. The molecule has 142 valence electrons. The van der Waals surface area contributed by atoms with Crippen molar-refractivity contribution in [2.24, 2.45) is 4.99 Å². The average Bonchev–Trinajstić information content (AvgIpc) is 2.73. The van der Waals surface area contributed by atoms with Gasteiger partial charge in [0.2, 0.25) is 0 Å². The van der Waals surface area contributed by atoms with Gasteiger partial charge in [-0.2, -0.15) is 0 Å². The van der Waals surface area contributed by atoms with Crippen molar-refractivity contribution in [3.8, 4) is 0 Å². The Morgan fingerprint density at radius 2 is 1.96 bits per heavy atom. The van der Waals surface area contributed by atoms with Crippen LogP contribution >= 0.6 is 0 Å². The fourth-order valence-corrected chi connectivity index (χ4v) is 4.31. The highest BCUT2D eigenvalue weighted by Gasteiger charge is 2.31.